The lowest BCUT2D eigenvalue weighted by Crippen LogP contribution is -2.20. The minimum atomic E-state index is 0.177. The lowest BCUT2D eigenvalue weighted by molar-refractivity contribution is 0.547. The normalized spacial score (nSPS) is 12.7. The van der Waals surface area contributed by atoms with Crippen LogP contribution in [0.1, 0.15) is 30.2 Å². The van der Waals surface area contributed by atoms with Crippen molar-refractivity contribution in [2.45, 2.75) is 26.4 Å². The smallest absolute Gasteiger partial charge is 0.146 e. The van der Waals surface area contributed by atoms with E-state index in [2.05, 4.69) is 22.4 Å². The maximum atomic E-state index is 6.16. The molecule has 1 atom stereocenters. The Bertz CT molecular complexity index is 536. The fourth-order valence-corrected chi connectivity index (χ4v) is 2.08. The lowest BCUT2D eigenvalue weighted by atomic mass is 10.1. The molecule has 18 heavy (non-hydrogen) atoms. The van der Waals surface area contributed by atoms with Gasteiger partial charge >= 0.3 is 0 Å². The molecule has 0 radical (unpaired) electrons. The van der Waals surface area contributed by atoms with E-state index in [1.807, 2.05) is 42.8 Å². The SMILES string of the molecule is Cc1nnc(CNC(C)c2ccccc2Cl)n1C. The first-order chi connectivity index (χ1) is 8.59. The molecule has 96 valence electrons. The largest absolute Gasteiger partial charge is 0.317 e. The van der Waals surface area contributed by atoms with Crippen molar-refractivity contribution < 1.29 is 0 Å². The van der Waals surface area contributed by atoms with Gasteiger partial charge in [0.05, 0.1) is 6.54 Å². The van der Waals surface area contributed by atoms with Crippen LogP contribution < -0.4 is 5.32 Å². The molecule has 4 nitrogen and oxygen atoms in total. The molecular weight excluding hydrogens is 248 g/mol. The van der Waals surface area contributed by atoms with Crippen LogP contribution in [0.15, 0.2) is 24.3 Å². The average molecular weight is 265 g/mol. The van der Waals surface area contributed by atoms with Crippen LogP contribution in [-0.2, 0) is 13.6 Å². The summed E-state index contributed by atoms with van der Waals surface area (Å²) in [6.07, 6.45) is 0. The van der Waals surface area contributed by atoms with E-state index in [-0.39, 0.29) is 6.04 Å². The molecule has 0 saturated carbocycles. The van der Waals surface area contributed by atoms with E-state index in [9.17, 15) is 0 Å². The highest BCUT2D eigenvalue weighted by molar-refractivity contribution is 6.31. The van der Waals surface area contributed by atoms with Crippen LogP contribution >= 0.6 is 11.6 Å². The van der Waals surface area contributed by atoms with Gasteiger partial charge in [-0.05, 0) is 25.5 Å². The first-order valence-electron chi connectivity index (χ1n) is 5.92. The van der Waals surface area contributed by atoms with Crippen molar-refractivity contribution >= 4 is 11.6 Å². The Morgan fingerprint density at radius 3 is 2.67 bits per heavy atom. The van der Waals surface area contributed by atoms with Gasteiger partial charge in [0, 0.05) is 18.1 Å². The van der Waals surface area contributed by atoms with Crippen molar-refractivity contribution in [3.8, 4) is 0 Å². The Morgan fingerprint density at radius 1 is 1.33 bits per heavy atom. The maximum absolute atomic E-state index is 6.16. The van der Waals surface area contributed by atoms with Gasteiger partial charge in [0.1, 0.15) is 11.6 Å². The fraction of sp³-hybridized carbons (Fsp3) is 0.385. The van der Waals surface area contributed by atoms with Crippen LogP contribution in [0.3, 0.4) is 0 Å². The second-order valence-electron chi connectivity index (χ2n) is 4.35. The van der Waals surface area contributed by atoms with E-state index in [1.54, 1.807) is 0 Å². The number of benzene rings is 1. The number of nitrogens with zero attached hydrogens (tertiary/aromatic N) is 3. The summed E-state index contributed by atoms with van der Waals surface area (Å²) in [5.41, 5.74) is 1.10. The second-order valence-corrected chi connectivity index (χ2v) is 4.75. The van der Waals surface area contributed by atoms with Crippen LogP contribution in [0.5, 0.6) is 0 Å². The maximum Gasteiger partial charge on any atom is 0.146 e. The van der Waals surface area contributed by atoms with E-state index in [4.69, 9.17) is 11.6 Å². The zero-order valence-electron chi connectivity index (χ0n) is 10.8. The van der Waals surface area contributed by atoms with Gasteiger partial charge in [-0.1, -0.05) is 29.8 Å². The van der Waals surface area contributed by atoms with Gasteiger partial charge in [-0.15, -0.1) is 10.2 Å². The molecule has 0 amide bonds. The van der Waals surface area contributed by atoms with Gasteiger partial charge in [-0.3, -0.25) is 0 Å². The van der Waals surface area contributed by atoms with Crippen molar-refractivity contribution in [2.24, 2.45) is 7.05 Å². The van der Waals surface area contributed by atoms with E-state index in [0.29, 0.717) is 6.54 Å². The number of hydrogen-bond acceptors (Lipinski definition) is 3. The molecule has 0 fully saturated rings. The zero-order valence-corrected chi connectivity index (χ0v) is 11.6. The molecule has 0 saturated heterocycles. The van der Waals surface area contributed by atoms with Crippen LogP contribution in [0, 0.1) is 6.92 Å². The average Bonchev–Trinajstić information content (AvgIpc) is 2.68. The monoisotopic (exact) mass is 264 g/mol. The lowest BCUT2D eigenvalue weighted by Gasteiger charge is -2.15. The molecule has 2 aromatic rings. The van der Waals surface area contributed by atoms with Crippen LogP contribution in [0.4, 0.5) is 0 Å². The Kier molecular flexibility index (Phi) is 3.99. The van der Waals surface area contributed by atoms with Crippen molar-refractivity contribution in [1.82, 2.24) is 20.1 Å². The highest BCUT2D eigenvalue weighted by Gasteiger charge is 2.10. The molecule has 0 aliphatic rings. The Labute approximate surface area is 112 Å². The highest BCUT2D eigenvalue weighted by Crippen LogP contribution is 2.22. The predicted molar refractivity (Wildman–Crippen MR) is 72.4 cm³/mol. The molecule has 2 rings (SSSR count). The van der Waals surface area contributed by atoms with Gasteiger partial charge in [-0.25, -0.2) is 0 Å². The van der Waals surface area contributed by atoms with Gasteiger partial charge in [0.2, 0.25) is 0 Å². The second kappa shape index (κ2) is 5.50. The first kappa shape index (κ1) is 13.1. The summed E-state index contributed by atoms with van der Waals surface area (Å²) in [5.74, 6) is 1.84. The van der Waals surface area contributed by atoms with Crippen molar-refractivity contribution in [3.63, 3.8) is 0 Å². The molecule has 0 aliphatic heterocycles. The van der Waals surface area contributed by atoms with E-state index >= 15 is 0 Å². The van der Waals surface area contributed by atoms with E-state index in [0.717, 1.165) is 22.2 Å². The topological polar surface area (TPSA) is 42.7 Å². The number of hydrogen-bond donors (Lipinski definition) is 1. The number of halogens is 1. The van der Waals surface area contributed by atoms with Crippen molar-refractivity contribution in [3.05, 3.63) is 46.5 Å². The number of aryl methyl sites for hydroxylation is 1. The molecule has 1 heterocycles. The van der Waals surface area contributed by atoms with Crippen LogP contribution in [0.25, 0.3) is 0 Å². The summed E-state index contributed by atoms with van der Waals surface area (Å²) in [6.45, 7) is 4.70. The Morgan fingerprint density at radius 2 is 2.06 bits per heavy atom. The third kappa shape index (κ3) is 2.71. The molecule has 1 aromatic carbocycles. The van der Waals surface area contributed by atoms with Gasteiger partial charge in [-0.2, -0.15) is 0 Å². The molecular formula is C13H17ClN4. The molecule has 0 spiro atoms. The molecule has 1 unspecified atom stereocenters. The highest BCUT2D eigenvalue weighted by atomic mass is 35.5. The Balaban J connectivity index is 2.03. The summed E-state index contributed by atoms with van der Waals surface area (Å²) >= 11 is 6.16. The van der Waals surface area contributed by atoms with Gasteiger partial charge in [0.15, 0.2) is 0 Å². The minimum Gasteiger partial charge on any atom is -0.317 e. The Hall–Kier alpha value is -1.39. The third-order valence-electron chi connectivity index (χ3n) is 3.12. The van der Waals surface area contributed by atoms with E-state index in [1.165, 1.54) is 0 Å². The first-order valence-corrected chi connectivity index (χ1v) is 6.30. The predicted octanol–water partition coefficient (Wildman–Crippen LogP) is 2.63. The minimum absolute atomic E-state index is 0.177. The summed E-state index contributed by atoms with van der Waals surface area (Å²) < 4.78 is 1.98. The van der Waals surface area contributed by atoms with Crippen molar-refractivity contribution in [2.75, 3.05) is 0 Å². The number of aromatic nitrogens is 3. The molecule has 0 bridgehead atoms. The van der Waals surface area contributed by atoms with Crippen LogP contribution in [-0.4, -0.2) is 14.8 Å². The number of nitrogens with one attached hydrogen (secondary N) is 1. The summed E-state index contributed by atoms with van der Waals surface area (Å²) in [6, 6.07) is 8.04. The van der Waals surface area contributed by atoms with E-state index < -0.39 is 0 Å². The third-order valence-corrected chi connectivity index (χ3v) is 3.47. The summed E-state index contributed by atoms with van der Waals surface area (Å²) in [5, 5.41) is 12.3. The standard InChI is InChI=1S/C13H17ClN4/c1-9(11-6-4-5-7-12(11)14)15-8-13-17-16-10(2)18(13)3/h4-7,9,15H,8H2,1-3H3. The van der Waals surface area contributed by atoms with Crippen LogP contribution in [0.2, 0.25) is 5.02 Å². The van der Waals surface area contributed by atoms with Gasteiger partial charge in [0.25, 0.3) is 0 Å². The fourth-order valence-electron chi connectivity index (χ4n) is 1.79. The quantitative estimate of drug-likeness (QED) is 0.923. The molecule has 1 aromatic heterocycles. The van der Waals surface area contributed by atoms with Gasteiger partial charge < -0.3 is 9.88 Å². The summed E-state index contributed by atoms with van der Waals surface area (Å²) in [7, 11) is 1.96. The zero-order chi connectivity index (χ0) is 13.1. The number of rotatable bonds is 4. The summed E-state index contributed by atoms with van der Waals surface area (Å²) in [4.78, 5) is 0. The molecule has 1 N–H and O–H groups in total. The van der Waals surface area contributed by atoms with Crippen molar-refractivity contribution in [1.29, 1.82) is 0 Å². The molecule has 0 aliphatic carbocycles. The molecule has 5 heteroatoms.